The molecule has 0 radical (unpaired) electrons. The Morgan fingerprint density at radius 2 is 1.97 bits per heavy atom. The normalized spacial score (nSPS) is 17.0. The molecule has 2 aromatic carbocycles. The third kappa shape index (κ3) is 3.41. The van der Waals surface area contributed by atoms with Crippen LogP contribution in [0.15, 0.2) is 45.7 Å². The number of aromatic amines is 1. The molecule has 0 aliphatic carbocycles. The molecule has 0 bridgehead atoms. The molecule has 4 aromatic rings. The first-order chi connectivity index (χ1) is 15.7. The summed E-state index contributed by atoms with van der Waals surface area (Å²) in [6.07, 6.45) is 6.34. The van der Waals surface area contributed by atoms with Crippen LogP contribution in [-0.4, -0.2) is 47.2 Å². The lowest BCUT2D eigenvalue weighted by Crippen LogP contribution is -2.46. The minimum Gasteiger partial charge on any atom is -0.406 e. The molecule has 4 heterocycles. The summed E-state index contributed by atoms with van der Waals surface area (Å²) in [7, 11) is 0. The third-order valence-corrected chi connectivity index (χ3v) is 7.00. The maximum Gasteiger partial charge on any atom is 0.417 e. The molecule has 1 fully saturated rings. The number of oxazole rings is 1. The van der Waals surface area contributed by atoms with Gasteiger partial charge in [-0.1, -0.05) is 6.07 Å². The molecule has 0 unspecified atom stereocenters. The van der Waals surface area contributed by atoms with Crippen molar-refractivity contribution in [2.75, 3.05) is 37.6 Å². The molecule has 2 aromatic heterocycles. The molecule has 2 aliphatic rings. The summed E-state index contributed by atoms with van der Waals surface area (Å²) in [4.78, 5) is 19.1. The molecule has 32 heavy (non-hydrogen) atoms. The van der Waals surface area contributed by atoms with Gasteiger partial charge in [-0.25, -0.2) is 9.18 Å². The van der Waals surface area contributed by atoms with Gasteiger partial charge in [0, 0.05) is 44.3 Å². The number of aromatic nitrogens is 2. The fourth-order valence-electron chi connectivity index (χ4n) is 5.48. The summed E-state index contributed by atoms with van der Waals surface area (Å²) < 4.78 is 21.8. The van der Waals surface area contributed by atoms with Crippen molar-refractivity contribution in [2.45, 2.75) is 32.2 Å². The topological polar surface area (TPSA) is 57.4 Å². The van der Waals surface area contributed by atoms with Crippen LogP contribution in [0.2, 0.25) is 0 Å². The second-order valence-corrected chi connectivity index (χ2v) is 9.01. The van der Waals surface area contributed by atoms with E-state index in [2.05, 4.69) is 25.5 Å². The van der Waals surface area contributed by atoms with Crippen LogP contribution in [0.3, 0.4) is 0 Å². The van der Waals surface area contributed by atoms with Crippen LogP contribution < -0.4 is 10.7 Å². The zero-order valence-corrected chi connectivity index (χ0v) is 18.1. The van der Waals surface area contributed by atoms with Crippen LogP contribution in [0.1, 0.15) is 24.0 Å². The van der Waals surface area contributed by atoms with Crippen LogP contribution in [0.25, 0.3) is 22.0 Å². The predicted molar refractivity (Wildman–Crippen MR) is 124 cm³/mol. The van der Waals surface area contributed by atoms with Gasteiger partial charge in [0.2, 0.25) is 0 Å². The van der Waals surface area contributed by atoms with Crippen molar-refractivity contribution in [2.24, 2.45) is 0 Å². The van der Waals surface area contributed by atoms with Crippen LogP contribution in [-0.2, 0) is 19.4 Å². The van der Waals surface area contributed by atoms with Crippen molar-refractivity contribution in [1.82, 2.24) is 14.5 Å². The zero-order chi connectivity index (χ0) is 21.7. The summed E-state index contributed by atoms with van der Waals surface area (Å²) in [5, 5.41) is 1.10. The molecule has 7 heteroatoms. The fourth-order valence-corrected chi connectivity index (χ4v) is 5.48. The largest absolute Gasteiger partial charge is 0.417 e. The fraction of sp³-hybridized carbons (Fsp3) is 0.400. The van der Waals surface area contributed by atoms with Crippen LogP contribution >= 0.6 is 0 Å². The Morgan fingerprint density at radius 1 is 1.09 bits per heavy atom. The molecular weight excluding hydrogens is 407 g/mol. The van der Waals surface area contributed by atoms with Crippen molar-refractivity contribution in [1.29, 1.82) is 0 Å². The first kappa shape index (κ1) is 19.6. The first-order valence-corrected chi connectivity index (χ1v) is 11.5. The number of piperazine rings is 1. The molecule has 6 nitrogen and oxygen atoms in total. The lowest BCUT2D eigenvalue weighted by atomic mass is 10.0. The van der Waals surface area contributed by atoms with Gasteiger partial charge < -0.3 is 13.9 Å². The van der Waals surface area contributed by atoms with Crippen LogP contribution in [0, 0.1) is 5.82 Å². The van der Waals surface area contributed by atoms with Gasteiger partial charge in [-0.05, 0) is 67.6 Å². The highest BCUT2D eigenvalue weighted by molar-refractivity contribution is 5.88. The van der Waals surface area contributed by atoms with Gasteiger partial charge in [0.25, 0.3) is 0 Å². The highest BCUT2D eigenvalue weighted by atomic mass is 19.1. The Kier molecular flexibility index (Phi) is 4.79. The van der Waals surface area contributed by atoms with Gasteiger partial charge in [0.1, 0.15) is 5.82 Å². The quantitative estimate of drug-likeness (QED) is 0.517. The number of H-pyrrole nitrogens is 1. The molecule has 0 amide bonds. The molecule has 0 spiro atoms. The van der Waals surface area contributed by atoms with Crippen molar-refractivity contribution in [3.63, 3.8) is 0 Å². The highest BCUT2D eigenvalue weighted by Crippen LogP contribution is 2.31. The van der Waals surface area contributed by atoms with E-state index in [4.69, 9.17) is 4.42 Å². The molecule has 166 valence electrons. The molecule has 0 atom stereocenters. The van der Waals surface area contributed by atoms with Crippen molar-refractivity contribution < 1.29 is 8.81 Å². The Labute approximate surface area is 185 Å². The summed E-state index contributed by atoms with van der Waals surface area (Å²) >= 11 is 0. The van der Waals surface area contributed by atoms with Gasteiger partial charge in [0.15, 0.2) is 5.58 Å². The molecule has 6 rings (SSSR count). The number of rotatable bonds is 5. The smallest absolute Gasteiger partial charge is 0.406 e. The summed E-state index contributed by atoms with van der Waals surface area (Å²) in [5.41, 5.74) is 6.05. The van der Waals surface area contributed by atoms with E-state index in [0.717, 1.165) is 87.1 Å². The van der Waals surface area contributed by atoms with Gasteiger partial charge in [-0.2, -0.15) is 0 Å². The van der Waals surface area contributed by atoms with Gasteiger partial charge in [-0.15, -0.1) is 0 Å². The second-order valence-electron chi connectivity index (χ2n) is 9.01. The van der Waals surface area contributed by atoms with Crippen molar-refractivity contribution in [3.05, 3.63) is 64.0 Å². The SMILES string of the molecule is O=c1[nH]c2cccc(N3CCN(CCCc4cn5c6c(cc(F)cc46)CCC5)CC3)c2o1. The number of nitrogens with zero attached hydrogens (tertiary/aromatic N) is 3. The van der Waals surface area contributed by atoms with Gasteiger partial charge in [0.05, 0.1) is 16.7 Å². The summed E-state index contributed by atoms with van der Waals surface area (Å²) in [5.74, 6) is -0.521. The highest BCUT2D eigenvalue weighted by Gasteiger charge is 2.21. The van der Waals surface area contributed by atoms with E-state index in [1.165, 1.54) is 11.1 Å². The number of anilines is 1. The molecule has 1 N–H and O–H groups in total. The van der Waals surface area contributed by atoms with E-state index in [1.807, 2.05) is 18.2 Å². The number of hydrogen-bond acceptors (Lipinski definition) is 4. The standard InChI is InChI=1S/C25H27FN4O2/c26-19-14-17-4-3-9-30-16-18(20(15-19)23(17)30)5-2-8-28-10-12-29(13-11-28)22-7-1-6-21-24(22)32-25(31)27-21/h1,6-7,14-16H,2-5,8-13H2,(H,27,31). The van der Waals surface area contributed by atoms with Gasteiger partial charge in [-0.3, -0.25) is 9.88 Å². The maximum atomic E-state index is 14.1. The van der Waals surface area contributed by atoms with E-state index in [9.17, 15) is 9.18 Å². The van der Waals surface area contributed by atoms with E-state index in [-0.39, 0.29) is 5.82 Å². The number of para-hydroxylation sites is 1. The first-order valence-electron chi connectivity index (χ1n) is 11.5. The Balaban J connectivity index is 1.09. The minimum atomic E-state index is -0.408. The Morgan fingerprint density at radius 3 is 2.84 bits per heavy atom. The monoisotopic (exact) mass is 434 g/mol. The number of hydrogen-bond donors (Lipinski definition) is 1. The average Bonchev–Trinajstić information content (AvgIpc) is 3.34. The van der Waals surface area contributed by atoms with Crippen LogP contribution in [0.5, 0.6) is 0 Å². The average molecular weight is 435 g/mol. The Bertz CT molecular complexity index is 1340. The number of fused-ring (bicyclic) bond motifs is 1. The number of benzene rings is 2. The second kappa shape index (κ2) is 7.81. The summed E-state index contributed by atoms with van der Waals surface area (Å²) in [6, 6.07) is 9.27. The number of halogens is 1. The van der Waals surface area contributed by atoms with Crippen LogP contribution in [0.4, 0.5) is 10.1 Å². The molecule has 0 saturated carbocycles. The van der Waals surface area contributed by atoms with Crippen molar-refractivity contribution in [3.8, 4) is 0 Å². The third-order valence-electron chi connectivity index (χ3n) is 7.00. The molecular formula is C25H27FN4O2. The number of nitrogens with one attached hydrogen (secondary N) is 1. The minimum absolute atomic E-state index is 0.113. The zero-order valence-electron chi connectivity index (χ0n) is 18.1. The van der Waals surface area contributed by atoms with E-state index in [1.54, 1.807) is 12.1 Å². The predicted octanol–water partition coefficient (Wildman–Crippen LogP) is 3.92. The van der Waals surface area contributed by atoms with E-state index < -0.39 is 5.76 Å². The maximum absolute atomic E-state index is 14.1. The Hall–Kier alpha value is -3.06. The molecule has 1 saturated heterocycles. The number of aryl methyl sites for hydroxylation is 3. The van der Waals surface area contributed by atoms with E-state index in [0.29, 0.717) is 5.58 Å². The van der Waals surface area contributed by atoms with Gasteiger partial charge >= 0.3 is 5.76 Å². The lowest BCUT2D eigenvalue weighted by Gasteiger charge is -2.36. The molecule has 2 aliphatic heterocycles. The summed E-state index contributed by atoms with van der Waals surface area (Å²) in [6.45, 7) is 5.83. The van der Waals surface area contributed by atoms with E-state index >= 15 is 0 Å². The van der Waals surface area contributed by atoms with Crippen molar-refractivity contribution >= 4 is 27.7 Å². The lowest BCUT2D eigenvalue weighted by molar-refractivity contribution is 0.255.